The van der Waals surface area contributed by atoms with Crippen molar-refractivity contribution in [1.82, 2.24) is 14.8 Å². The smallest absolute Gasteiger partial charge is 0.271 e. The minimum Gasteiger partial charge on any atom is -0.325 e. The summed E-state index contributed by atoms with van der Waals surface area (Å²) in [6.07, 6.45) is 5.12. The van der Waals surface area contributed by atoms with E-state index in [1.165, 1.54) is 46.8 Å². The highest BCUT2D eigenvalue weighted by Crippen LogP contribution is 2.38. The molecule has 1 aliphatic rings. The number of allylic oxidation sites excluding steroid dienone is 1. The normalized spacial score (nSPS) is 15.2. The van der Waals surface area contributed by atoms with Crippen molar-refractivity contribution >= 4 is 40.4 Å². The average Bonchev–Trinajstić information content (AvgIpc) is 3.36. The third-order valence-electron chi connectivity index (χ3n) is 5.34. The minimum atomic E-state index is -0.493. The first-order valence-corrected chi connectivity index (χ1v) is 12.1. The molecule has 0 aliphatic heterocycles. The van der Waals surface area contributed by atoms with Gasteiger partial charge in [-0.25, -0.2) is 0 Å². The zero-order chi connectivity index (χ0) is 22.7. The largest absolute Gasteiger partial charge is 0.325 e. The molecule has 1 N–H and O–H groups in total. The number of fused-ring (bicyclic) bond motifs is 1. The van der Waals surface area contributed by atoms with Crippen LogP contribution in [-0.4, -0.2) is 31.3 Å². The molecular weight excluding hydrogens is 446 g/mol. The van der Waals surface area contributed by atoms with Gasteiger partial charge in [0.15, 0.2) is 11.0 Å². The van der Waals surface area contributed by atoms with Crippen LogP contribution in [0.25, 0.3) is 11.4 Å². The molecule has 0 radical (unpaired) electrons. The Morgan fingerprint density at radius 2 is 2.31 bits per heavy atom. The fourth-order valence-electron chi connectivity index (χ4n) is 3.78. The second-order valence-corrected chi connectivity index (χ2v) is 9.66. The quantitative estimate of drug-likeness (QED) is 0.217. The number of benzene rings is 1. The van der Waals surface area contributed by atoms with Gasteiger partial charge in [-0.15, -0.1) is 28.1 Å². The maximum atomic E-state index is 12.4. The number of nitro benzene ring substituents is 1. The number of aromatic nitrogens is 3. The SMILES string of the molecule is C=CCn1c(SCC(=O)Nc2cccc([N+](=O)[O-])c2)nnc1-c1csc2c1CCC(C)C2. The number of non-ortho nitro benzene ring substituents is 1. The molecule has 1 atom stereocenters. The molecule has 1 unspecified atom stereocenters. The van der Waals surface area contributed by atoms with E-state index in [2.05, 4.69) is 34.4 Å². The van der Waals surface area contributed by atoms with Gasteiger partial charge >= 0.3 is 0 Å². The lowest BCUT2D eigenvalue weighted by Crippen LogP contribution is -2.15. The van der Waals surface area contributed by atoms with E-state index in [1.807, 2.05) is 4.57 Å². The molecule has 0 bridgehead atoms. The zero-order valence-corrected chi connectivity index (χ0v) is 19.2. The summed E-state index contributed by atoms with van der Waals surface area (Å²) < 4.78 is 1.98. The highest BCUT2D eigenvalue weighted by atomic mass is 32.2. The molecule has 3 aromatic rings. The van der Waals surface area contributed by atoms with Crippen molar-refractivity contribution in [2.45, 2.75) is 37.9 Å². The number of carbonyl (C=O) groups is 1. The molecule has 0 spiro atoms. The lowest BCUT2D eigenvalue weighted by Gasteiger charge is -2.19. The van der Waals surface area contributed by atoms with Gasteiger partial charge in [-0.2, -0.15) is 0 Å². The fourth-order valence-corrected chi connectivity index (χ4v) is 5.77. The molecule has 32 heavy (non-hydrogen) atoms. The predicted molar refractivity (Wildman–Crippen MR) is 127 cm³/mol. The third-order valence-corrected chi connectivity index (χ3v) is 7.36. The Kier molecular flexibility index (Phi) is 6.71. The third kappa shape index (κ3) is 4.76. The van der Waals surface area contributed by atoms with Crippen LogP contribution in [0.3, 0.4) is 0 Å². The van der Waals surface area contributed by atoms with Gasteiger partial charge in [0.25, 0.3) is 5.69 Å². The van der Waals surface area contributed by atoms with E-state index in [0.29, 0.717) is 23.3 Å². The minimum absolute atomic E-state index is 0.0701. The highest BCUT2D eigenvalue weighted by Gasteiger charge is 2.24. The van der Waals surface area contributed by atoms with Crippen LogP contribution in [-0.2, 0) is 24.2 Å². The summed E-state index contributed by atoms with van der Waals surface area (Å²) >= 11 is 3.06. The number of hydrogen-bond donors (Lipinski definition) is 1. The summed E-state index contributed by atoms with van der Waals surface area (Å²) in [7, 11) is 0. The standard InChI is InChI=1S/C22H23N5O3S2/c1-3-9-26-21(18-12-31-19-10-14(2)7-8-17(18)19)24-25-22(26)32-13-20(28)23-15-5-4-6-16(11-15)27(29)30/h3-6,11-12,14H,1,7-10,13H2,2H3,(H,23,28). The number of thiophene rings is 1. The van der Waals surface area contributed by atoms with Gasteiger partial charge in [0.2, 0.25) is 5.91 Å². The van der Waals surface area contributed by atoms with E-state index < -0.39 is 4.92 Å². The number of nitro groups is 1. The number of amides is 1. The molecule has 4 rings (SSSR count). The summed E-state index contributed by atoms with van der Waals surface area (Å²) in [6, 6.07) is 5.87. The van der Waals surface area contributed by atoms with Crippen LogP contribution < -0.4 is 5.32 Å². The van der Waals surface area contributed by atoms with Gasteiger partial charge in [0, 0.05) is 40.2 Å². The van der Waals surface area contributed by atoms with E-state index >= 15 is 0 Å². The van der Waals surface area contributed by atoms with Gasteiger partial charge in [-0.1, -0.05) is 30.8 Å². The fraction of sp³-hybridized carbons (Fsp3) is 0.318. The van der Waals surface area contributed by atoms with Crippen LogP contribution in [0.5, 0.6) is 0 Å². The molecule has 1 amide bonds. The molecule has 10 heteroatoms. The van der Waals surface area contributed by atoms with Crippen molar-refractivity contribution < 1.29 is 9.72 Å². The van der Waals surface area contributed by atoms with Gasteiger partial charge < -0.3 is 5.32 Å². The Bertz CT molecular complexity index is 1170. The predicted octanol–water partition coefficient (Wildman–Crippen LogP) is 4.96. The summed E-state index contributed by atoms with van der Waals surface area (Å²) in [5, 5.41) is 25.2. The number of anilines is 1. The molecule has 1 aliphatic carbocycles. The van der Waals surface area contributed by atoms with Crippen molar-refractivity contribution in [2.24, 2.45) is 5.92 Å². The summed E-state index contributed by atoms with van der Waals surface area (Å²) in [4.78, 5) is 24.3. The number of carbonyl (C=O) groups excluding carboxylic acids is 1. The van der Waals surface area contributed by atoms with Crippen molar-refractivity contribution in [3.63, 3.8) is 0 Å². The number of nitrogens with zero attached hydrogens (tertiary/aromatic N) is 4. The Morgan fingerprint density at radius 1 is 1.47 bits per heavy atom. The topological polar surface area (TPSA) is 103 Å². The first-order valence-electron chi connectivity index (χ1n) is 10.3. The number of hydrogen-bond acceptors (Lipinski definition) is 7. The molecular formula is C22H23N5O3S2. The number of thioether (sulfide) groups is 1. The lowest BCUT2D eigenvalue weighted by atomic mass is 9.88. The molecule has 8 nitrogen and oxygen atoms in total. The van der Waals surface area contributed by atoms with E-state index in [4.69, 9.17) is 0 Å². The lowest BCUT2D eigenvalue weighted by molar-refractivity contribution is -0.384. The maximum absolute atomic E-state index is 12.4. The molecule has 166 valence electrons. The zero-order valence-electron chi connectivity index (χ0n) is 17.6. The van der Waals surface area contributed by atoms with Crippen LogP contribution in [0.2, 0.25) is 0 Å². The molecule has 1 aromatic carbocycles. The number of rotatable bonds is 8. The van der Waals surface area contributed by atoms with Crippen LogP contribution >= 0.6 is 23.1 Å². The van der Waals surface area contributed by atoms with E-state index in [-0.39, 0.29) is 17.3 Å². The van der Waals surface area contributed by atoms with E-state index in [0.717, 1.165) is 24.2 Å². The van der Waals surface area contributed by atoms with Gasteiger partial charge in [0.1, 0.15) is 0 Å². The highest BCUT2D eigenvalue weighted by molar-refractivity contribution is 7.99. The Labute approximate surface area is 193 Å². The Balaban J connectivity index is 1.49. The maximum Gasteiger partial charge on any atom is 0.271 e. The van der Waals surface area contributed by atoms with Crippen LogP contribution in [0.4, 0.5) is 11.4 Å². The van der Waals surface area contributed by atoms with Crippen molar-refractivity contribution in [3.05, 3.63) is 62.9 Å². The first-order chi connectivity index (χ1) is 15.5. The first kappa shape index (κ1) is 22.2. The Morgan fingerprint density at radius 3 is 3.09 bits per heavy atom. The molecule has 0 saturated heterocycles. The summed E-state index contributed by atoms with van der Waals surface area (Å²) in [5.74, 6) is 1.35. The molecule has 2 heterocycles. The van der Waals surface area contributed by atoms with Crippen LogP contribution in [0.1, 0.15) is 23.8 Å². The van der Waals surface area contributed by atoms with E-state index in [1.54, 1.807) is 23.5 Å². The second-order valence-electron chi connectivity index (χ2n) is 7.75. The molecule has 0 saturated carbocycles. The monoisotopic (exact) mass is 469 g/mol. The van der Waals surface area contributed by atoms with Gasteiger partial charge in [-0.3, -0.25) is 19.5 Å². The second kappa shape index (κ2) is 9.66. The van der Waals surface area contributed by atoms with Crippen LogP contribution in [0, 0.1) is 16.0 Å². The summed E-state index contributed by atoms with van der Waals surface area (Å²) in [5.41, 5.74) is 2.81. The molecule has 2 aromatic heterocycles. The van der Waals surface area contributed by atoms with Crippen LogP contribution in [0.15, 0.2) is 47.5 Å². The summed E-state index contributed by atoms with van der Waals surface area (Å²) in [6.45, 7) is 6.68. The van der Waals surface area contributed by atoms with Gasteiger partial charge in [0.05, 0.1) is 10.7 Å². The number of nitrogens with one attached hydrogen (secondary N) is 1. The molecule has 0 fully saturated rings. The average molecular weight is 470 g/mol. The van der Waals surface area contributed by atoms with Crippen molar-refractivity contribution in [2.75, 3.05) is 11.1 Å². The Hall–Kier alpha value is -2.98. The van der Waals surface area contributed by atoms with Gasteiger partial charge in [-0.05, 0) is 36.8 Å². The van der Waals surface area contributed by atoms with Crippen molar-refractivity contribution in [1.29, 1.82) is 0 Å². The van der Waals surface area contributed by atoms with Crippen molar-refractivity contribution in [3.8, 4) is 11.4 Å². The van der Waals surface area contributed by atoms with E-state index in [9.17, 15) is 14.9 Å².